The zero-order valence-electron chi connectivity index (χ0n) is 75.0. The van der Waals surface area contributed by atoms with Crippen LogP contribution in [0.2, 0.25) is 0 Å². The number of carbonyl (C=O) groups excluding carboxylic acids is 1. The van der Waals surface area contributed by atoms with Crippen LogP contribution in [0, 0.1) is 50.4 Å². The van der Waals surface area contributed by atoms with E-state index in [1.54, 1.807) is 0 Å². The third kappa shape index (κ3) is 46.3. The van der Waals surface area contributed by atoms with Gasteiger partial charge < -0.3 is 52.7 Å². The summed E-state index contributed by atoms with van der Waals surface area (Å²) in [6, 6.07) is 38.1. The number of carboxylic acids is 1. The second-order valence-corrected chi connectivity index (χ2v) is 43.7. The molecule has 4 aromatic carbocycles. The summed E-state index contributed by atoms with van der Waals surface area (Å²) >= 11 is 15.1. The molecular formula is C94H149BrCl2N10NaO10P. The maximum atomic E-state index is 12.4. The van der Waals surface area contributed by atoms with E-state index >= 15 is 0 Å². The van der Waals surface area contributed by atoms with E-state index in [1.165, 1.54) is 224 Å². The van der Waals surface area contributed by atoms with Gasteiger partial charge in [0.2, 0.25) is 0 Å². The first-order valence-corrected chi connectivity index (χ1v) is 49.5. The van der Waals surface area contributed by atoms with Crippen LogP contribution in [0.3, 0.4) is 0 Å². The largest absolute Gasteiger partial charge is 1.00 e. The van der Waals surface area contributed by atoms with Crippen LogP contribution in [0.1, 0.15) is 274 Å². The molecule has 1 amide bonds. The van der Waals surface area contributed by atoms with E-state index < -0.39 is 11.3 Å². The van der Waals surface area contributed by atoms with Gasteiger partial charge in [0.1, 0.15) is 0 Å². The van der Waals surface area contributed by atoms with Crippen LogP contribution < -0.4 is 52.1 Å². The molecule has 4 aliphatic heterocycles. The van der Waals surface area contributed by atoms with Gasteiger partial charge in [-0.3, -0.25) is 15.3 Å². The molecule has 0 bridgehead atoms. The average molecular weight is 1780 g/mol. The number of ether oxygens (including phenoxy) is 5. The van der Waals surface area contributed by atoms with Crippen LogP contribution in [-0.4, -0.2) is 163 Å². The second-order valence-electron chi connectivity index (χ2n) is 31.5. The Morgan fingerprint density at radius 2 is 0.840 bits per heavy atom. The number of benzene rings is 4. The SMILES string of the molecule is C1CCOC1.CCCCCCCCCCCCCCCCP(Br)(CCCC)(CCCC)CCCC.Cc1ccc(C2(C#N)CCOCC2)cc1.Cc1ccc(C2(CN)CCOCC2)cc1.Cc1ccc(C2(CNC(=O)c3nccnc3N)CCOCC2)cc1.Cc1ccc(CC#N)cc1.ClCCOCCCl.Nc1nccnc1C(=O)O.OO.[H-].[Na+]. The second kappa shape index (κ2) is 68.1. The Labute approximate surface area is 757 Å². The molecule has 0 radical (unpaired) electrons. The number of nitriles is 2. The van der Waals surface area contributed by atoms with Crippen molar-refractivity contribution in [1.29, 1.82) is 10.5 Å². The number of amides is 1. The third-order valence-electron chi connectivity index (χ3n) is 22.2. The predicted octanol–water partition coefficient (Wildman–Crippen LogP) is 19.4. The fourth-order valence-corrected chi connectivity index (χ4v) is 23.4. The van der Waals surface area contributed by atoms with Crippen molar-refractivity contribution in [2.24, 2.45) is 5.73 Å². The van der Waals surface area contributed by atoms with Crippen LogP contribution in [0.15, 0.2) is 122 Å². The van der Waals surface area contributed by atoms with Crippen molar-refractivity contribution in [2.45, 2.75) is 258 Å². The molecule has 10 rings (SSSR count). The molecule has 6 aromatic rings. The maximum Gasteiger partial charge on any atom is 1.00 e. The van der Waals surface area contributed by atoms with Crippen molar-refractivity contribution in [3.8, 4) is 12.1 Å². The summed E-state index contributed by atoms with van der Waals surface area (Å²) in [5.74, 6) is -0.265. The number of nitrogens with two attached hydrogens (primary N) is 3. The topological polar surface area (TPSA) is 330 Å². The van der Waals surface area contributed by atoms with Crippen molar-refractivity contribution in [2.75, 3.05) is 127 Å². The number of aromatic carboxylic acids is 1. The maximum absolute atomic E-state index is 12.4. The van der Waals surface area contributed by atoms with Crippen molar-refractivity contribution < 1.29 is 79.9 Å². The van der Waals surface area contributed by atoms with Crippen molar-refractivity contribution in [3.05, 3.63) is 178 Å². The number of hydrogen-bond acceptors (Lipinski definition) is 18. The van der Waals surface area contributed by atoms with Gasteiger partial charge in [0.15, 0.2) is 23.0 Å². The van der Waals surface area contributed by atoms with Crippen molar-refractivity contribution in [1.82, 2.24) is 25.3 Å². The predicted molar refractivity (Wildman–Crippen MR) is 495 cm³/mol. The number of aromatic nitrogens is 4. The van der Waals surface area contributed by atoms with Gasteiger partial charge in [-0.1, -0.05) is 146 Å². The minimum atomic E-state index is -1.64. The van der Waals surface area contributed by atoms with Gasteiger partial charge in [0.05, 0.1) is 37.2 Å². The van der Waals surface area contributed by atoms with Gasteiger partial charge >= 0.3 is 211 Å². The number of anilines is 2. The van der Waals surface area contributed by atoms with Gasteiger partial charge in [0, 0.05) is 113 Å². The summed E-state index contributed by atoms with van der Waals surface area (Å²) in [4.78, 5) is 37.6. The molecule has 0 atom stereocenters. The molecule has 0 spiro atoms. The normalized spacial score (nSPS) is 14.8. The smallest absolute Gasteiger partial charge is 1.00 e. The third-order valence-corrected chi connectivity index (χ3v) is 32.5. The van der Waals surface area contributed by atoms with Crippen LogP contribution in [0.4, 0.5) is 11.6 Å². The molecule has 119 heavy (non-hydrogen) atoms. The number of rotatable bonds is 37. The monoisotopic (exact) mass is 1780 g/mol. The number of nitrogens with zero attached hydrogens (tertiary/aromatic N) is 6. The number of carboxylic acid groups (broad SMARTS) is 1. The zero-order valence-corrected chi connectivity index (χ0v) is 80.0. The van der Waals surface area contributed by atoms with Crippen molar-refractivity contribution in [3.63, 3.8) is 0 Å². The van der Waals surface area contributed by atoms with E-state index in [0.717, 1.165) is 82.6 Å². The van der Waals surface area contributed by atoms with E-state index in [-0.39, 0.29) is 76.2 Å². The Hall–Kier alpha value is -5.27. The molecule has 0 saturated carbocycles. The summed E-state index contributed by atoms with van der Waals surface area (Å²) in [5.41, 5.74) is 26.4. The van der Waals surface area contributed by atoms with Gasteiger partial charge in [-0.05, 0) is 101 Å². The molecule has 6 heterocycles. The Morgan fingerprint density at radius 1 is 0.504 bits per heavy atom. The number of hydrogen-bond donors (Lipinski definition) is 7. The van der Waals surface area contributed by atoms with Crippen LogP contribution >= 0.6 is 44.0 Å². The molecule has 4 saturated heterocycles. The van der Waals surface area contributed by atoms with Crippen molar-refractivity contribution >= 4 is 67.5 Å². The summed E-state index contributed by atoms with van der Waals surface area (Å²) < 4.78 is 26.1. The zero-order chi connectivity index (χ0) is 86.9. The van der Waals surface area contributed by atoms with E-state index in [9.17, 15) is 14.9 Å². The van der Waals surface area contributed by atoms with E-state index in [1.807, 2.05) is 31.2 Å². The molecule has 2 aromatic heterocycles. The van der Waals surface area contributed by atoms with E-state index in [0.29, 0.717) is 64.4 Å². The van der Waals surface area contributed by atoms with Gasteiger partial charge in [-0.15, -0.1) is 23.2 Å². The molecule has 20 nitrogen and oxygen atoms in total. The Morgan fingerprint density at radius 3 is 1.18 bits per heavy atom. The Kier molecular flexibility index (Phi) is 64.0. The first-order chi connectivity index (χ1) is 57.1. The molecule has 0 aliphatic carbocycles. The number of nitrogen functional groups attached to an aromatic ring is 2. The van der Waals surface area contributed by atoms with Gasteiger partial charge in [0.25, 0.3) is 5.91 Å². The molecule has 4 aliphatic rings. The number of nitrogens with one attached hydrogen (secondary N) is 1. The Balaban J connectivity index is 0.00000141. The van der Waals surface area contributed by atoms with Crippen LogP contribution in [-0.2, 0) is 46.4 Å². The van der Waals surface area contributed by atoms with Gasteiger partial charge in [-0.2, -0.15) is 10.5 Å². The number of unbranched alkanes of at least 4 members (excludes halogenated alkanes) is 16. The minimum absolute atomic E-state index is 0. The minimum Gasteiger partial charge on any atom is -1.00 e. The molecule has 662 valence electrons. The number of halogens is 3. The molecule has 10 N–H and O–H groups in total. The quantitative estimate of drug-likeness (QED) is 0.00476. The Bertz CT molecular complexity index is 3590. The fraction of sp³-hybridized carbons (Fsp3) is 0.617. The number of alkyl halides is 2. The van der Waals surface area contributed by atoms with Crippen LogP contribution in [0.25, 0.3) is 0 Å². The number of aryl methyl sites for hydroxylation is 4. The fourth-order valence-electron chi connectivity index (χ4n) is 14.5. The molecular weight excluding hydrogens is 1630 g/mol. The summed E-state index contributed by atoms with van der Waals surface area (Å²) in [7, 11) is 0. The summed E-state index contributed by atoms with van der Waals surface area (Å²) in [6.45, 7) is 26.6. The first kappa shape index (κ1) is 112. The van der Waals surface area contributed by atoms with Crippen LogP contribution in [0.5, 0.6) is 0 Å². The van der Waals surface area contributed by atoms with E-state index in [4.69, 9.17) is 85.0 Å². The average Bonchev–Trinajstić information content (AvgIpc) is 1.02. The summed E-state index contributed by atoms with van der Waals surface area (Å²) in [5, 5.41) is 39.4. The van der Waals surface area contributed by atoms with E-state index in [2.05, 4.69) is 174 Å². The standard InChI is InChI=1S/C28H60BrP.C18H22N4O2.C13H19NO.C13H15NO.C9H9N.C5H5N3O2.C4H8Cl2O.C4H8O.Na.H2O2.H/c1-5-9-13-14-15-16-17-18-19-20-21-22-23-24-28-30(29,25-10-6-2,26-11-7-3)27-12-8-4;1-13-2-4-14(5-3-13)18(6-10-24-11-7-18)12-22-17(23)15-16(19)21-9-8-20-15;2*1-11-2-4-12(5-3-11)13(10-14)6-8-15-9-7-13;1-8-2-4-9(5-3-8)6-7-10;6-4-3(5(9)10)7-1-2-8-4;5-1-3-7-4-2-6;1-2-4-5-3-1;;1-2;/h5-28H2,1-4H3;2-5,8-9H,6-7,10-12H2,1H3,(H2,19,21)(H,22,23);2-5H,6-10,14H2,1H3;2-5H,6-9H2,1H3;2-5H,6H2,1H3;1-2H,(H2,6,8)(H,9,10);1-4H2;1-4H2;;1-2H;/q;;;;;;;;+1;;-1. The summed E-state index contributed by atoms with van der Waals surface area (Å²) in [6.07, 6.45) is 49.1. The molecule has 0 unspecified atom stereocenters. The molecule has 25 heteroatoms. The van der Waals surface area contributed by atoms with Gasteiger partial charge in [-0.25, -0.2) is 24.7 Å². The molecule has 4 fully saturated rings. The first-order valence-electron chi connectivity index (χ1n) is 43.5. The number of carbonyl (C=O) groups is 2.